The molecule has 3 aromatic rings. The smallest absolute Gasteiger partial charge is 0.416 e. The first kappa shape index (κ1) is 18.7. The average molecular weight is 398 g/mol. The Balaban J connectivity index is 1.63. The summed E-state index contributed by atoms with van der Waals surface area (Å²) in [7, 11) is 0. The van der Waals surface area contributed by atoms with Crippen LogP contribution in [0.15, 0.2) is 48.8 Å². The topological polar surface area (TPSA) is 72.7 Å². The summed E-state index contributed by atoms with van der Waals surface area (Å²) < 4.78 is 44.6. The Morgan fingerprint density at radius 3 is 2.70 bits per heavy atom. The molecule has 0 aliphatic rings. The molecule has 2 aromatic heterocycles. The van der Waals surface area contributed by atoms with Crippen molar-refractivity contribution in [3.8, 4) is 0 Å². The van der Waals surface area contributed by atoms with E-state index >= 15 is 0 Å². The molecule has 140 valence electrons. The molecule has 0 fully saturated rings. The van der Waals surface area contributed by atoms with Gasteiger partial charge in [-0.15, -0.1) is 0 Å². The highest BCUT2D eigenvalue weighted by Gasteiger charge is 2.31. The van der Waals surface area contributed by atoms with Gasteiger partial charge in [0, 0.05) is 12.4 Å². The van der Waals surface area contributed by atoms with Gasteiger partial charge in [-0.25, -0.2) is 9.78 Å². The lowest BCUT2D eigenvalue weighted by atomic mass is 10.2. The van der Waals surface area contributed by atoms with Crippen molar-refractivity contribution in [1.82, 2.24) is 9.38 Å². The molecule has 0 aliphatic carbocycles. The van der Waals surface area contributed by atoms with Crippen LogP contribution in [0.2, 0.25) is 5.02 Å². The van der Waals surface area contributed by atoms with E-state index < -0.39 is 30.2 Å². The number of halogens is 4. The van der Waals surface area contributed by atoms with Crippen molar-refractivity contribution >= 4 is 34.8 Å². The minimum absolute atomic E-state index is 0.00824. The van der Waals surface area contributed by atoms with Crippen LogP contribution in [-0.4, -0.2) is 27.9 Å². The molecule has 1 aromatic carbocycles. The van der Waals surface area contributed by atoms with Crippen LogP contribution in [0, 0.1) is 0 Å². The van der Waals surface area contributed by atoms with Crippen LogP contribution in [0.1, 0.15) is 16.1 Å². The molecule has 0 saturated carbocycles. The fourth-order valence-corrected chi connectivity index (χ4v) is 2.39. The van der Waals surface area contributed by atoms with Crippen LogP contribution in [0.4, 0.5) is 18.9 Å². The zero-order valence-corrected chi connectivity index (χ0v) is 14.2. The molecule has 0 aliphatic heterocycles. The molecular formula is C17H11ClF3N3O3. The highest BCUT2D eigenvalue weighted by Crippen LogP contribution is 2.33. The maximum Gasteiger partial charge on any atom is 0.416 e. The van der Waals surface area contributed by atoms with Crippen molar-refractivity contribution in [2.75, 3.05) is 11.9 Å². The third-order valence-corrected chi connectivity index (χ3v) is 3.80. The number of esters is 1. The number of hydrogen-bond donors (Lipinski definition) is 1. The monoisotopic (exact) mass is 397 g/mol. The van der Waals surface area contributed by atoms with Crippen molar-refractivity contribution < 1.29 is 27.5 Å². The summed E-state index contributed by atoms with van der Waals surface area (Å²) >= 11 is 5.79. The largest absolute Gasteiger partial charge is 0.451 e. The van der Waals surface area contributed by atoms with Crippen molar-refractivity contribution in [1.29, 1.82) is 0 Å². The Kier molecular flexibility index (Phi) is 5.04. The van der Waals surface area contributed by atoms with Gasteiger partial charge in [0.05, 0.1) is 16.3 Å². The Labute approximate surface area is 155 Å². The molecule has 10 heteroatoms. The zero-order valence-electron chi connectivity index (χ0n) is 13.5. The fourth-order valence-electron chi connectivity index (χ4n) is 2.22. The Morgan fingerprint density at radius 1 is 1.22 bits per heavy atom. The van der Waals surface area contributed by atoms with Crippen molar-refractivity contribution in [3.63, 3.8) is 0 Å². The second-order valence-corrected chi connectivity index (χ2v) is 5.82. The number of alkyl halides is 3. The summed E-state index contributed by atoms with van der Waals surface area (Å²) in [5.41, 5.74) is -0.695. The third-order valence-electron chi connectivity index (χ3n) is 3.48. The van der Waals surface area contributed by atoms with Gasteiger partial charge in [0.25, 0.3) is 5.91 Å². The van der Waals surface area contributed by atoms with Crippen LogP contribution >= 0.6 is 11.6 Å². The van der Waals surface area contributed by atoms with E-state index in [1.165, 1.54) is 6.20 Å². The minimum atomic E-state index is -4.58. The second kappa shape index (κ2) is 7.28. The normalized spacial score (nSPS) is 11.4. The summed E-state index contributed by atoms with van der Waals surface area (Å²) in [6.07, 6.45) is -1.47. The number of nitrogens with zero attached hydrogens (tertiary/aromatic N) is 2. The minimum Gasteiger partial charge on any atom is -0.451 e. The van der Waals surface area contributed by atoms with Gasteiger partial charge in [0.15, 0.2) is 12.3 Å². The van der Waals surface area contributed by atoms with Gasteiger partial charge in [-0.2, -0.15) is 13.2 Å². The number of ether oxygens (including phenoxy) is 1. The molecule has 1 amide bonds. The van der Waals surface area contributed by atoms with Gasteiger partial charge in [0.2, 0.25) is 0 Å². The van der Waals surface area contributed by atoms with Crippen LogP contribution in [0.25, 0.3) is 5.65 Å². The molecule has 0 radical (unpaired) electrons. The predicted octanol–water partition coefficient (Wildman–Crippen LogP) is 3.80. The van der Waals surface area contributed by atoms with Crippen LogP contribution < -0.4 is 5.32 Å². The fraction of sp³-hybridized carbons (Fsp3) is 0.118. The van der Waals surface area contributed by atoms with Gasteiger partial charge < -0.3 is 14.5 Å². The van der Waals surface area contributed by atoms with E-state index in [-0.39, 0.29) is 16.4 Å². The van der Waals surface area contributed by atoms with Gasteiger partial charge in [0.1, 0.15) is 5.65 Å². The second-order valence-electron chi connectivity index (χ2n) is 5.41. The molecule has 0 saturated heterocycles. The van der Waals surface area contributed by atoms with Gasteiger partial charge in [-0.3, -0.25) is 4.79 Å². The highest BCUT2D eigenvalue weighted by atomic mass is 35.5. The number of carbonyl (C=O) groups is 2. The van der Waals surface area contributed by atoms with Crippen LogP contribution in [-0.2, 0) is 15.7 Å². The molecule has 27 heavy (non-hydrogen) atoms. The average Bonchev–Trinajstić information content (AvgIpc) is 3.05. The summed E-state index contributed by atoms with van der Waals surface area (Å²) in [5, 5.41) is 2.10. The first-order valence-electron chi connectivity index (χ1n) is 7.51. The number of carbonyl (C=O) groups excluding carboxylic acids is 2. The Bertz CT molecular complexity index is 984. The number of pyridine rings is 1. The number of aromatic nitrogens is 2. The molecule has 6 nitrogen and oxygen atoms in total. The number of fused-ring (bicyclic) bond motifs is 1. The van der Waals surface area contributed by atoms with Gasteiger partial charge in [-0.05, 0) is 30.3 Å². The lowest BCUT2D eigenvalue weighted by molar-refractivity contribution is -0.137. The number of nitrogens with one attached hydrogen (secondary N) is 1. The van der Waals surface area contributed by atoms with E-state index in [0.717, 1.165) is 12.1 Å². The highest BCUT2D eigenvalue weighted by molar-refractivity contribution is 6.33. The predicted molar refractivity (Wildman–Crippen MR) is 90.6 cm³/mol. The number of benzene rings is 1. The zero-order chi connectivity index (χ0) is 19.6. The summed E-state index contributed by atoms with van der Waals surface area (Å²) in [6.45, 7) is -0.709. The molecular weight excluding hydrogens is 387 g/mol. The molecule has 0 unspecified atom stereocenters. The molecule has 0 spiro atoms. The van der Waals surface area contributed by atoms with E-state index in [1.807, 2.05) is 0 Å². The Morgan fingerprint density at radius 2 is 2.00 bits per heavy atom. The van der Waals surface area contributed by atoms with E-state index in [4.69, 9.17) is 16.3 Å². The number of anilines is 1. The van der Waals surface area contributed by atoms with Gasteiger partial charge in [-0.1, -0.05) is 17.7 Å². The van der Waals surface area contributed by atoms with E-state index in [2.05, 4.69) is 10.3 Å². The maximum atomic E-state index is 12.7. The molecule has 0 atom stereocenters. The maximum absolute atomic E-state index is 12.7. The van der Waals surface area contributed by atoms with E-state index in [9.17, 15) is 22.8 Å². The summed E-state index contributed by atoms with van der Waals surface area (Å²) in [6, 6.07) is 7.67. The van der Waals surface area contributed by atoms with Crippen LogP contribution in [0.3, 0.4) is 0 Å². The van der Waals surface area contributed by atoms with E-state index in [0.29, 0.717) is 11.7 Å². The molecule has 0 bridgehead atoms. The van der Waals surface area contributed by atoms with Crippen molar-refractivity contribution in [2.24, 2.45) is 0 Å². The van der Waals surface area contributed by atoms with Crippen LogP contribution in [0.5, 0.6) is 0 Å². The summed E-state index contributed by atoms with van der Waals surface area (Å²) in [4.78, 5) is 27.9. The first-order valence-corrected chi connectivity index (χ1v) is 7.89. The third kappa shape index (κ3) is 4.37. The van der Waals surface area contributed by atoms with E-state index in [1.54, 1.807) is 28.8 Å². The van der Waals surface area contributed by atoms with Crippen molar-refractivity contribution in [3.05, 3.63) is 65.1 Å². The molecule has 2 heterocycles. The lowest BCUT2D eigenvalue weighted by Crippen LogP contribution is -2.21. The Hall–Kier alpha value is -3.07. The van der Waals surface area contributed by atoms with Gasteiger partial charge >= 0.3 is 12.1 Å². The number of amides is 1. The van der Waals surface area contributed by atoms with Crippen molar-refractivity contribution in [2.45, 2.75) is 6.18 Å². The summed E-state index contributed by atoms with van der Waals surface area (Å²) in [5.74, 6) is -1.68. The first-order chi connectivity index (χ1) is 12.7. The SMILES string of the molecule is O=C(COC(=O)c1cn2ccccc2n1)Nc1cc(C(F)(F)F)ccc1Cl. The molecule has 3 rings (SSSR count). The number of rotatable bonds is 4. The number of imidazole rings is 1. The molecule has 1 N–H and O–H groups in total. The quantitative estimate of drug-likeness (QED) is 0.680. The standard InChI is InChI=1S/C17H11ClF3N3O3/c18-11-5-4-10(17(19,20)21)7-12(11)23-15(25)9-27-16(26)13-8-24-6-2-1-3-14(24)22-13/h1-8H,9H2,(H,23,25). The number of hydrogen-bond acceptors (Lipinski definition) is 4. The lowest BCUT2D eigenvalue weighted by Gasteiger charge is -2.11.